The van der Waals surface area contributed by atoms with Crippen LogP contribution in [0.25, 0.3) is 0 Å². The number of benzene rings is 1. The molecule has 1 aliphatic heterocycles. The van der Waals surface area contributed by atoms with E-state index in [9.17, 15) is 8.42 Å². The molecule has 0 radical (unpaired) electrons. The van der Waals surface area contributed by atoms with E-state index >= 15 is 0 Å². The molecule has 0 spiro atoms. The molecule has 5 nitrogen and oxygen atoms in total. The van der Waals surface area contributed by atoms with E-state index in [-0.39, 0.29) is 6.54 Å². The van der Waals surface area contributed by atoms with Crippen molar-refractivity contribution < 1.29 is 8.42 Å². The van der Waals surface area contributed by atoms with Gasteiger partial charge in [0.25, 0.3) is 0 Å². The highest BCUT2D eigenvalue weighted by Gasteiger charge is 2.18. The molecular formula is C13H15N3O2S2. The summed E-state index contributed by atoms with van der Waals surface area (Å²) in [5, 5.41) is 4.12. The van der Waals surface area contributed by atoms with Crippen molar-refractivity contribution in [2.45, 2.75) is 24.8 Å². The number of aryl methyl sites for hydroxylation is 1. The van der Waals surface area contributed by atoms with Gasteiger partial charge in [-0.2, -0.15) is 0 Å². The van der Waals surface area contributed by atoms with E-state index in [0.717, 1.165) is 28.5 Å². The summed E-state index contributed by atoms with van der Waals surface area (Å²) in [4.78, 5) is 5.32. The molecule has 2 N–H and O–H groups in total. The number of rotatable bonds is 4. The zero-order chi connectivity index (χ0) is 14.2. The second-order valence-corrected chi connectivity index (χ2v) is 7.75. The third kappa shape index (κ3) is 2.70. The van der Waals surface area contributed by atoms with Gasteiger partial charge in [-0.3, -0.25) is 0 Å². The van der Waals surface area contributed by atoms with Gasteiger partial charge in [-0.1, -0.05) is 6.07 Å². The molecule has 1 aliphatic rings. The average Bonchev–Trinajstić information content (AvgIpc) is 3.04. The van der Waals surface area contributed by atoms with E-state index in [4.69, 9.17) is 0 Å². The SMILES string of the molecule is Cc1ncc(CNS(=O)(=O)c2ccc3c(c2)NCC3)s1. The van der Waals surface area contributed by atoms with Crippen molar-refractivity contribution in [2.24, 2.45) is 0 Å². The Morgan fingerprint density at radius 2 is 2.30 bits per heavy atom. The van der Waals surface area contributed by atoms with Gasteiger partial charge in [0.15, 0.2) is 0 Å². The first-order chi connectivity index (χ1) is 9.54. The van der Waals surface area contributed by atoms with Crippen LogP contribution >= 0.6 is 11.3 Å². The molecular weight excluding hydrogens is 294 g/mol. The zero-order valence-corrected chi connectivity index (χ0v) is 12.6. The van der Waals surface area contributed by atoms with Crippen LogP contribution in [0.4, 0.5) is 5.69 Å². The summed E-state index contributed by atoms with van der Waals surface area (Å²) >= 11 is 1.49. The Labute approximate surface area is 122 Å². The van der Waals surface area contributed by atoms with Crippen LogP contribution in [-0.4, -0.2) is 19.9 Å². The lowest BCUT2D eigenvalue weighted by atomic mass is 10.2. The number of anilines is 1. The maximum atomic E-state index is 12.3. The van der Waals surface area contributed by atoms with Crippen LogP contribution < -0.4 is 10.0 Å². The van der Waals surface area contributed by atoms with E-state index in [0.29, 0.717) is 4.90 Å². The highest BCUT2D eigenvalue weighted by molar-refractivity contribution is 7.89. The van der Waals surface area contributed by atoms with Crippen LogP contribution in [0, 0.1) is 6.92 Å². The van der Waals surface area contributed by atoms with Crippen molar-refractivity contribution in [1.29, 1.82) is 0 Å². The Morgan fingerprint density at radius 3 is 3.05 bits per heavy atom. The second kappa shape index (κ2) is 5.16. The zero-order valence-electron chi connectivity index (χ0n) is 11.0. The first-order valence-corrected chi connectivity index (χ1v) is 8.62. The summed E-state index contributed by atoms with van der Waals surface area (Å²) in [6.45, 7) is 3.04. The number of thiazole rings is 1. The Balaban J connectivity index is 1.78. The van der Waals surface area contributed by atoms with Gasteiger partial charge < -0.3 is 5.32 Å². The minimum atomic E-state index is -3.48. The molecule has 106 valence electrons. The summed E-state index contributed by atoms with van der Waals surface area (Å²) in [6, 6.07) is 5.23. The fourth-order valence-electron chi connectivity index (χ4n) is 2.17. The van der Waals surface area contributed by atoms with Gasteiger partial charge in [0.05, 0.1) is 9.90 Å². The van der Waals surface area contributed by atoms with Crippen LogP contribution in [-0.2, 0) is 23.0 Å². The summed E-state index contributed by atoms with van der Waals surface area (Å²) in [7, 11) is -3.48. The molecule has 0 unspecified atom stereocenters. The van der Waals surface area contributed by atoms with Crippen LogP contribution in [0.3, 0.4) is 0 Å². The summed E-state index contributed by atoms with van der Waals surface area (Å²) in [6.07, 6.45) is 2.65. The average molecular weight is 309 g/mol. The molecule has 2 aromatic rings. The minimum Gasteiger partial charge on any atom is -0.384 e. The predicted octanol–water partition coefficient (Wildman–Crippen LogP) is 1.90. The molecule has 1 aromatic carbocycles. The third-order valence-corrected chi connectivity index (χ3v) is 5.52. The summed E-state index contributed by atoms with van der Waals surface area (Å²) in [5.41, 5.74) is 2.09. The van der Waals surface area contributed by atoms with Gasteiger partial charge in [0.1, 0.15) is 0 Å². The minimum absolute atomic E-state index is 0.276. The molecule has 20 heavy (non-hydrogen) atoms. The molecule has 0 atom stereocenters. The molecule has 7 heteroatoms. The Kier molecular flexibility index (Phi) is 3.49. The fraction of sp³-hybridized carbons (Fsp3) is 0.308. The van der Waals surface area contributed by atoms with Gasteiger partial charge in [0.2, 0.25) is 10.0 Å². The van der Waals surface area contributed by atoms with Gasteiger partial charge in [0, 0.05) is 29.9 Å². The highest BCUT2D eigenvalue weighted by Crippen LogP contribution is 2.25. The molecule has 0 amide bonds. The largest absolute Gasteiger partial charge is 0.384 e. The van der Waals surface area contributed by atoms with Crippen molar-refractivity contribution >= 4 is 27.0 Å². The van der Waals surface area contributed by atoms with Crippen molar-refractivity contribution in [2.75, 3.05) is 11.9 Å². The van der Waals surface area contributed by atoms with Crippen molar-refractivity contribution in [3.63, 3.8) is 0 Å². The van der Waals surface area contributed by atoms with Crippen LogP contribution in [0.2, 0.25) is 0 Å². The third-order valence-electron chi connectivity index (χ3n) is 3.21. The van der Waals surface area contributed by atoms with Crippen LogP contribution in [0.15, 0.2) is 29.3 Å². The second-order valence-electron chi connectivity index (χ2n) is 4.67. The molecule has 0 saturated carbocycles. The summed E-state index contributed by atoms with van der Waals surface area (Å²) in [5.74, 6) is 0. The maximum absolute atomic E-state index is 12.3. The lowest BCUT2D eigenvalue weighted by Crippen LogP contribution is -2.22. The molecule has 0 saturated heterocycles. The van der Waals surface area contributed by atoms with Crippen LogP contribution in [0.5, 0.6) is 0 Å². The topological polar surface area (TPSA) is 71.1 Å². The van der Waals surface area contributed by atoms with Gasteiger partial charge >= 0.3 is 0 Å². The normalized spacial score (nSPS) is 14.1. The lowest BCUT2D eigenvalue weighted by Gasteiger charge is -2.07. The highest BCUT2D eigenvalue weighted by atomic mass is 32.2. The standard InChI is InChI=1S/C13H15N3O2S2/c1-9-15-7-11(19-9)8-16-20(17,18)12-3-2-10-4-5-14-13(10)6-12/h2-3,6-7,14,16H,4-5,8H2,1H3. The maximum Gasteiger partial charge on any atom is 0.240 e. The first kappa shape index (κ1) is 13.5. The summed E-state index contributed by atoms with van der Waals surface area (Å²) < 4.78 is 27.1. The van der Waals surface area contributed by atoms with Crippen molar-refractivity contribution in [3.05, 3.63) is 39.8 Å². The van der Waals surface area contributed by atoms with Crippen molar-refractivity contribution in [1.82, 2.24) is 9.71 Å². The number of hydrogen-bond donors (Lipinski definition) is 2. The van der Waals surface area contributed by atoms with Gasteiger partial charge in [-0.15, -0.1) is 11.3 Å². The number of fused-ring (bicyclic) bond motifs is 1. The molecule has 0 aliphatic carbocycles. The van der Waals surface area contributed by atoms with E-state index in [1.807, 2.05) is 13.0 Å². The number of nitrogens with zero attached hydrogens (tertiary/aromatic N) is 1. The fourth-order valence-corrected chi connectivity index (χ4v) is 4.03. The lowest BCUT2D eigenvalue weighted by molar-refractivity contribution is 0.582. The molecule has 0 fully saturated rings. The Morgan fingerprint density at radius 1 is 1.45 bits per heavy atom. The quantitative estimate of drug-likeness (QED) is 0.905. The van der Waals surface area contributed by atoms with Crippen molar-refractivity contribution in [3.8, 4) is 0 Å². The number of hydrogen-bond acceptors (Lipinski definition) is 5. The predicted molar refractivity (Wildman–Crippen MR) is 79.5 cm³/mol. The Hall–Kier alpha value is -1.44. The van der Waals surface area contributed by atoms with Gasteiger partial charge in [-0.05, 0) is 31.0 Å². The monoisotopic (exact) mass is 309 g/mol. The molecule has 1 aromatic heterocycles. The smallest absolute Gasteiger partial charge is 0.240 e. The number of sulfonamides is 1. The molecule has 0 bridgehead atoms. The van der Waals surface area contributed by atoms with Gasteiger partial charge in [-0.25, -0.2) is 18.1 Å². The number of nitrogens with one attached hydrogen (secondary N) is 2. The van der Waals surface area contributed by atoms with Crippen LogP contribution in [0.1, 0.15) is 15.4 Å². The molecule has 2 heterocycles. The van der Waals surface area contributed by atoms with E-state index in [2.05, 4.69) is 15.0 Å². The molecule has 3 rings (SSSR count). The van der Waals surface area contributed by atoms with E-state index in [1.165, 1.54) is 16.9 Å². The number of aromatic nitrogens is 1. The first-order valence-electron chi connectivity index (χ1n) is 6.32. The van der Waals surface area contributed by atoms with E-state index in [1.54, 1.807) is 18.3 Å². The Bertz CT molecular complexity index is 738. The van der Waals surface area contributed by atoms with E-state index < -0.39 is 10.0 Å².